The number of rotatable bonds is 8. The Labute approximate surface area is 205 Å². The van der Waals surface area contributed by atoms with Gasteiger partial charge in [-0.3, -0.25) is 4.90 Å². The monoisotopic (exact) mass is 560 g/mol. The van der Waals surface area contributed by atoms with Crippen LogP contribution in [-0.4, -0.2) is 57.9 Å². The van der Waals surface area contributed by atoms with Gasteiger partial charge in [-0.15, -0.1) is 24.0 Å². The number of hydrogen-bond donors (Lipinski definition) is 2. The molecule has 0 saturated carbocycles. The number of morpholine rings is 1. The molecule has 31 heavy (non-hydrogen) atoms. The molecular weight excluding hydrogens is 531 g/mol. The summed E-state index contributed by atoms with van der Waals surface area (Å²) in [5.41, 5.74) is 8.31. The van der Waals surface area contributed by atoms with Gasteiger partial charge >= 0.3 is 0 Å². The summed E-state index contributed by atoms with van der Waals surface area (Å²) in [6.07, 6.45) is 0. The maximum Gasteiger partial charge on any atom is 0.188 e. The first-order valence-corrected chi connectivity index (χ1v) is 10.3. The predicted octanol–water partition coefficient (Wildman–Crippen LogP) is 3.45. The van der Waals surface area contributed by atoms with Crippen molar-refractivity contribution in [1.29, 1.82) is 0 Å². The summed E-state index contributed by atoms with van der Waals surface area (Å²) in [5, 5.41) is 4.00. The van der Waals surface area contributed by atoms with Gasteiger partial charge in [0.2, 0.25) is 0 Å². The summed E-state index contributed by atoms with van der Waals surface area (Å²) in [5.74, 6) is 1.76. The van der Waals surface area contributed by atoms with E-state index in [0.29, 0.717) is 30.5 Å². The number of benzene rings is 2. The average Bonchev–Trinajstić information content (AvgIpc) is 2.79. The molecule has 0 radical (unpaired) electrons. The lowest BCUT2D eigenvalue weighted by Crippen LogP contribution is -2.45. The molecule has 0 aromatic heterocycles. The van der Waals surface area contributed by atoms with Crippen molar-refractivity contribution in [2.45, 2.75) is 12.6 Å². The Balaban J connectivity index is 0.00000341. The molecule has 0 amide bonds. The Morgan fingerprint density at radius 1 is 1.13 bits per heavy atom. The highest BCUT2D eigenvalue weighted by atomic mass is 127. The fourth-order valence-corrected chi connectivity index (χ4v) is 3.57. The van der Waals surface area contributed by atoms with Gasteiger partial charge in [0.15, 0.2) is 17.5 Å². The van der Waals surface area contributed by atoms with E-state index in [4.69, 9.17) is 31.5 Å². The zero-order chi connectivity index (χ0) is 21.3. The van der Waals surface area contributed by atoms with Gasteiger partial charge in [-0.1, -0.05) is 29.8 Å². The summed E-state index contributed by atoms with van der Waals surface area (Å²) >= 11 is 6.06. The van der Waals surface area contributed by atoms with Crippen molar-refractivity contribution in [1.82, 2.24) is 10.2 Å². The lowest BCUT2D eigenvalue weighted by atomic mass is 10.0. The van der Waals surface area contributed by atoms with Crippen molar-refractivity contribution in [3.63, 3.8) is 0 Å². The number of hydrogen-bond acceptors (Lipinski definition) is 5. The molecule has 2 aromatic carbocycles. The van der Waals surface area contributed by atoms with Crippen LogP contribution in [-0.2, 0) is 11.3 Å². The first-order chi connectivity index (χ1) is 14.6. The zero-order valence-corrected chi connectivity index (χ0v) is 20.9. The molecule has 1 fully saturated rings. The van der Waals surface area contributed by atoms with Crippen LogP contribution < -0.4 is 20.5 Å². The Morgan fingerprint density at radius 2 is 1.81 bits per heavy atom. The third-order valence-corrected chi connectivity index (χ3v) is 5.35. The van der Waals surface area contributed by atoms with Crippen molar-refractivity contribution in [2.75, 3.05) is 47.1 Å². The van der Waals surface area contributed by atoms with Crippen LogP contribution in [0.25, 0.3) is 0 Å². The second-order valence-electron chi connectivity index (χ2n) is 6.99. The second-order valence-corrected chi connectivity index (χ2v) is 7.42. The van der Waals surface area contributed by atoms with Crippen molar-refractivity contribution >= 4 is 41.5 Å². The highest BCUT2D eigenvalue weighted by Gasteiger charge is 2.22. The largest absolute Gasteiger partial charge is 0.493 e. The molecule has 9 heteroatoms. The molecule has 3 N–H and O–H groups in total. The number of aliphatic imine (C=N–C) groups is 1. The number of ether oxygens (including phenoxy) is 3. The molecule has 2 aromatic rings. The van der Waals surface area contributed by atoms with E-state index in [9.17, 15) is 0 Å². The van der Waals surface area contributed by atoms with E-state index in [1.165, 1.54) is 5.56 Å². The molecule has 1 atom stereocenters. The molecule has 0 spiro atoms. The van der Waals surface area contributed by atoms with Gasteiger partial charge in [0.25, 0.3) is 0 Å². The number of nitrogens with two attached hydrogens (primary N) is 1. The highest BCUT2D eigenvalue weighted by molar-refractivity contribution is 14.0. The standard InChI is InChI=1S/C22H29ClN4O3.HI/c1-28-20-8-3-16(13-21(20)29-2)14-25-22(24)26-15-19(27-9-11-30-12-10-27)17-4-6-18(23)7-5-17;/h3-8,13,19H,9-12,14-15H2,1-2H3,(H3,24,25,26);1H. The third kappa shape index (κ3) is 7.41. The molecule has 3 rings (SSSR count). The zero-order valence-electron chi connectivity index (χ0n) is 17.8. The smallest absolute Gasteiger partial charge is 0.188 e. The lowest BCUT2D eigenvalue weighted by Gasteiger charge is -2.35. The minimum Gasteiger partial charge on any atom is -0.493 e. The first-order valence-electron chi connectivity index (χ1n) is 9.92. The van der Waals surface area contributed by atoms with Crippen molar-refractivity contribution in [3.8, 4) is 11.5 Å². The molecule has 170 valence electrons. The summed E-state index contributed by atoms with van der Waals surface area (Å²) in [6.45, 7) is 4.29. The predicted molar refractivity (Wildman–Crippen MR) is 135 cm³/mol. The topological polar surface area (TPSA) is 81.3 Å². The molecule has 1 aliphatic heterocycles. The van der Waals surface area contributed by atoms with E-state index in [1.807, 2.05) is 30.3 Å². The van der Waals surface area contributed by atoms with E-state index in [0.717, 1.165) is 36.9 Å². The Bertz CT molecular complexity index is 845. The van der Waals surface area contributed by atoms with E-state index in [1.54, 1.807) is 14.2 Å². The number of halogens is 2. The van der Waals surface area contributed by atoms with Crippen molar-refractivity contribution in [2.24, 2.45) is 10.7 Å². The third-order valence-electron chi connectivity index (χ3n) is 5.10. The quantitative estimate of drug-likeness (QED) is 0.293. The fourth-order valence-electron chi connectivity index (χ4n) is 3.44. The maximum atomic E-state index is 6.15. The number of nitrogens with zero attached hydrogens (tertiary/aromatic N) is 2. The molecule has 1 saturated heterocycles. The van der Waals surface area contributed by atoms with Gasteiger partial charge < -0.3 is 25.3 Å². The van der Waals surface area contributed by atoms with Gasteiger partial charge in [0.1, 0.15) is 0 Å². The van der Waals surface area contributed by atoms with Crippen LogP contribution in [0.3, 0.4) is 0 Å². The van der Waals surface area contributed by atoms with Crippen LogP contribution >= 0.6 is 35.6 Å². The number of guanidine groups is 1. The van der Waals surface area contributed by atoms with Gasteiger partial charge in [-0.2, -0.15) is 0 Å². The second kappa shape index (κ2) is 12.9. The summed E-state index contributed by atoms with van der Waals surface area (Å²) in [4.78, 5) is 6.86. The normalized spacial score (nSPS) is 15.6. The number of methoxy groups -OCH3 is 2. The van der Waals surface area contributed by atoms with Gasteiger partial charge in [0.05, 0.1) is 40.0 Å². The number of nitrogens with one attached hydrogen (secondary N) is 1. The van der Waals surface area contributed by atoms with Crippen LogP contribution in [0.2, 0.25) is 5.02 Å². The molecule has 1 heterocycles. The molecular formula is C22H30ClIN4O3. The van der Waals surface area contributed by atoms with Crippen molar-refractivity contribution < 1.29 is 14.2 Å². The molecule has 1 unspecified atom stereocenters. The van der Waals surface area contributed by atoms with E-state index in [2.05, 4.69) is 27.3 Å². The summed E-state index contributed by atoms with van der Waals surface area (Å²) < 4.78 is 16.1. The van der Waals surface area contributed by atoms with E-state index in [-0.39, 0.29) is 30.0 Å². The average molecular weight is 561 g/mol. The van der Waals surface area contributed by atoms with Crippen LogP contribution in [0.4, 0.5) is 0 Å². The molecule has 1 aliphatic rings. The van der Waals surface area contributed by atoms with Crippen LogP contribution in [0.15, 0.2) is 47.5 Å². The van der Waals surface area contributed by atoms with E-state index < -0.39 is 0 Å². The Hall–Kier alpha value is -1.75. The maximum absolute atomic E-state index is 6.15. The highest BCUT2D eigenvalue weighted by Crippen LogP contribution is 2.28. The summed E-state index contributed by atoms with van der Waals surface area (Å²) in [7, 11) is 3.23. The molecule has 0 bridgehead atoms. The molecule has 0 aliphatic carbocycles. The van der Waals surface area contributed by atoms with Gasteiger partial charge in [-0.25, -0.2) is 4.99 Å². The minimum atomic E-state index is 0. The van der Waals surface area contributed by atoms with Crippen LogP contribution in [0.1, 0.15) is 17.2 Å². The lowest BCUT2D eigenvalue weighted by molar-refractivity contribution is 0.0170. The Morgan fingerprint density at radius 3 is 2.45 bits per heavy atom. The Kier molecular flexibility index (Phi) is 10.7. The minimum absolute atomic E-state index is 0. The van der Waals surface area contributed by atoms with Crippen molar-refractivity contribution in [3.05, 3.63) is 58.6 Å². The first kappa shape index (κ1) is 25.5. The summed E-state index contributed by atoms with van der Waals surface area (Å²) in [6, 6.07) is 13.8. The molecule has 7 nitrogen and oxygen atoms in total. The fraction of sp³-hybridized carbons (Fsp3) is 0.409. The van der Waals surface area contributed by atoms with Gasteiger partial charge in [-0.05, 0) is 35.4 Å². The van der Waals surface area contributed by atoms with Gasteiger partial charge in [0, 0.05) is 24.7 Å². The SMILES string of the molecule is COc1ccc(CN=C(N)NCC(c2ccc(Cl)cc2)N2CCOCC2)cc1OC.I. The van der Waals surface area contributed by atoms with E-state index >= 15 is 0 Å². The van der Waals surface area contributed by atoms with Crippen LogP contribution in [0.5, 0.6) is 11.5 Å². The van der Waals surface area contributed by atoms with Crippen LogP contribution in [0, 0.1) is 0 Å².